The van der Waals surface area contributed by atoms with E-state index >= 15 is 0 Å². The van der Waals surface area contributed by atoms with E-state index in [-0.39, 0.29) is 5.91 Å². The fourth-order valence-electron chi connectivity index (χ4n) is 2.87. The number of nitrogens with one attached hydrogen (secondary N) is 1. The number of rotatable bonds is 4. The molecule has 0 aliphatic carbocycles. The maximum absolute atomic E-state index is 12.6. The summed E-state index contributed by atoms with van der Waals surface area (Å²) in [5, 5.41) is 7.24. The van der Waals surface area contributed by atoms with Crippen molar-refractivity contribution in [2.45, 2.75) is 6.92 Å². The fraction of sp³-hybridized carbons (Fsp3) is 0.0455. The third-order valence-corrected chi connectivity index (χ3v) is 4.25. The Kier molecular flexibility index (Phi) is 4.49. The number of carbonyl (C=O) groups excluding carboxylic acids is 1. The van der Waals surface area contributed by atoms with Crippen molar-refractivity contribution in [3.05, 3.63) is 96.3 Å². The number of carbonyl (C=O) groups is 1. The number of amides is 1. The van der Waals surface area contributed by atoms with Gasteiger partial charge in [0.1, 0.15) is 0 Å². The van der Waals surface area contributed by atoms with Crippen LogP contribution in [0.5, 0.6) is 0 Å². The molecule has 2 aromatic heterocycles. The highest BCUT2D eigenvalue weighted by Gasteiger charge is 2.13. The molecule has 0 aliphatic rings. The second-order valence-corrected chi connectivity index (χ2v) is 6.13. The Balaban J connectivity index is 1.53. The molecule has 0 atom stereocenters. The standard InChI is InChI=1S/C22H18N4O/c1-16-19(12-13-20(23-16)17-8-4-2-5-9-17)22(27)24-21-14-15-26(25-21)18-10-6-3-7-11-18/h2-15H,1H3,(H,24,25,27). The fourth-order valence-corrected chi connectivity index (χ4v) is 2.87. The summed E-state index contributed by atoms with van der Waals surface area (Å²) < 4.78 is 1.72. The van der Waals surface area contributed by atoms with Gasteiger partial charge in [0.05, 0.1) is 22.6 Å². The van der Waals surface area contributed by atoms with Crippen molar-refractivity contribution in [1.29, 1.82) is 0 Å². The molecule has 2 aromatic carbocycles. The Bertz CT molecular complexity index is 1070. The first kappa shape index (κ1) is 16.7. The monoisotopic (exact) mass is 354 g/mol. The molecule has 5 nitrogen and oxygen atoms in total. The molecule has 2 heterocycles. The van der Waals surface area contributed by atoms with Gasteiger partial charge in [0.25, 0.3) is 5.91 Å². The molecule has 27 heavy (non-hydrogen) atoms. The highest BCUT2D eigenvalue weighted by atomic mass is 16.1. The molecule has 1 amide bonds. The van der Waals surface area contributed by atoms with Crippen molar-refractivity contribution in [2.75, 3.05) is 5.32 Å². The minimum absolute atomic E-state index is 0.224. The molecule has 4 rings (SSSR count). The second-order valence-electron chi connectivity index (χ2n) is 6.13. The number of aromatic nitrogens is 3. The zero-order valence-corrected chi connectivity index (χ0v) is 14.8. The predicted octanol–water partition coefficient (Wildman–Crippen LogP) is 4.50. The summed E-state index contributed by atoms with van der Waals surface area (Å²) in [6.07, 6.45) is 1.81. The van der Waals surface area contributed by atoms with E-state index in [1.54, 1.807) is 16.8 Å². The lowest BCUT2D eigenvalue weighted by Gasteiger charge is -2.08. The molecular weight excluding hydrogens is 336 g/mol. The molecular formula is C22H18N4O. The van der Waals surface area contributed by atoms with E-state index in [2.05, 4.69) is 15.4 Å². The van der Waals surface area contributed by atoms with Crippen molar-refractivity contribution in [3.8, 4) is 16.9 Å². The number of nitrogens with zero attached hydrogens (tertiary/aromatic N) is 3. The number of benzene rings is 2. The number of aryl methyl sites for hydroxylation is 1. The van der Waals surface area contributed by atoms with Gasteiger partial charge in [-0.05, 0) is 31.2 Å². The van der Waals surface area contributed by atoms with Crippen LogP contribution in [0.15, 0.2) is 85.1 Å². The number of pyridine rings is 1. The highest BCUT2D eigenvalue weighted by Crippen LogP contribution is 2.19. The molecule has 0 spiro atoms. The smallest absolute Gasteiger partial charge is 0.258 e. The zero-order valence-electron chi connectivity index (χ0n) is 14.8. The average molecular weight is 354 g/mol. The topological polar surface area (TPSA) is 59.8 Å². The lowest BCUT2D eigenvalue weighted by atomic mass is 10.1. The molecule has 0 saturated heterocycles. The van der Waals surface area contributed by atoms with Gasteiger partial charge in [-0.3, -0.25) is 9.78 Å². The Morgan fingerprint density at radius 1 is 0.889 bits per heavy atom. The van der Waals surface area contributed by atoms with Gasteiger partial charge in [-0.1, -0.05) is 48.5 Å². The van der Waals surface area contributed by atoms with Crippen LogP contribution in [0.1, 0.15) is 16.1 Å². The first-order chi connectivity index (χ1) is 13.2. The summed E-state index contributed by atoms with van der Waals surface area (Å²) in [4.78, 5) is 17.2. The van der Waals surface area contributed by atoms with E-state index in [9.17, 15) is 4.79 Å². The third-order valence-electron chi connectivity index (χ3n) is 4.25. The van der Waals surface area contributed by atoms with Crippen LogP contribution >= 0.6 is 0 Å². The van der Waals surface area contributed by atoms with Crippen LogP contribution in [0.25, 0.3) is 16.9 Å². The lowest BCUT2D eigenvalue weighted by molar-refractivity contribution is 0.102. The maximum atomic E-state index is 12.6. The molecule has 1 N–H and O–H groups in total. The van der Waals surface area contributed by atoms with Crippen LogP contribution in [0, 0.1) is 6.92 Å². The van der Waals surface area contributed by atoms with E-state index in [1.807, 2.05) is 79.9 Å². The molecule has 0 fully saturated rings. The van der Waals surface area contributed by atoms with E-state index in [4.69, 9.17) is 0 Å². The van der Waals surface area contributed by atoms with Crippen molar-refractivity contribution in [2.24, 2.45) is 0 Å². The Morgan fingerprint density at radius 2 is 1.59 bits per heavy atom. The van der Waals surface area contributed by atoms with Gasteiger partial charge >= 0.3 is 0 Å². The number of para-hydroxylation sites is 1. The van der Waals surface area contributed by atoms with Crippen LogP contribution in [-0.4, -0.2) is 20.7 Å². The summed E-state index contributed by atoms with van der Waals surface area (Å²) in [5.41, 5.74) is 4.01. The number of hydrogen-bond acceptors (Lipinski definition) is 3. The van der Waals surface area contributed by atoms with Crippen LogP contribution in [0.4, 0.5) is 5.82 Å². The van der Waals surface area contributed by atoms with Gasteiger partial charge in [0.15, 0.2) is 5.82 Å². The highest BCUT2D eigenvalue weighted by molar-refractivity contribution is 6.04. The summed E-state index contributed by atoms with van der Waals surface area (Å²) >= 11 is 0. The van der Waals surface area contributed by atoms with E-state index in [0.29, 0.717) is 17.1 Å². The van der Waals surface area contributed by atoms with E-state index in [1.165, 1.54) is 0 Å². The van der Waals surface area contributed by atoms with Crippen molar-refractivity contribution in [1.82, 2.24) is 14.8 Å². The SMILES string of the molecule is Cc1nc(-c2ccccc2)ccc1C(=O)Nc1ccn(-c2ccccc2)n1. The van der Waals surface area contributed by atoms with Gasteiger partial charge in [0, 0.05) is 17.8 Å². The Labute approximate surface area is 157 Å². The lowest BCUT2D eigenvalue weighted by Crippen LogP contribution is -2.15. The summed E-state index contributed by atoms with van der Waals surface area (Å²) in [6.45, 7) is 1.84. The van der Waals surface area contributed by atoms with E-state index < -0.39 is 0 Å². The van der Waals surface area contributed by atoms with Gasteiger partial charge < -0.3 is 5.32 Å². The first-order valence-corrected chi connectivity index (χ1v) is 8.66. The van der Waals surface area contributed by atoms with Gasteiger partial charge in [-0.2, -0.15) is 5.10 Å². The molecule has 0 radical (unpaired) electrons. The largest absolute Gasteiger partial charge is 0.305 e. The predicted molar refractivity (Wildman–Crippen MR) is 106 cm³/mol. The normalized spacial score (nSPS) is 10.6. The van der Waals surface area contributed by atoms with E-state index in [0.717, 1.165) is 16.9 Å². The Hall–Kier alpha value is -3.73. The van der Waals surface area contributed by atoms with Crippen LogP contribution in [0.3, 0.4) is 0 Å². The average Bonchev–Trinajstić information content (AvgIpc) is 3.17. The minimum atomic E-state index is -0.224. The molecule has 132 valence electrons. The number of hydrogen-bond donors (Lipinski definition) is 1. The molecule has 5 heteroatoms. The summed E-state index contributed by atoms with van der Waals surface area (Å²) in [7, 11) is 0. The van der Waals surface area contributed by atoms with Crippen LogP contribution in [0.2, 0.25) is 0 Å². The van der Waals surface area contributed by atoms with Crippen molar-refractivity contribution >= 4 is 11.7 Å². The molecule has 0 unspecified atom stereocenters. The van der Waals surface area contributed by atoms with Gasteiger partial charge in [-0.15, -0.1) is 0 Å². The zero-order chi connectivity index (χ0) is 18.6. The summed E-state index contributed by atoms with van der Waals surface area (Å²) in [6, 6.07) is 25.1. The Morgan fingerprint density at radius 3 is 2.30 bits per heavy atom. The third kappa shape index (κ3) is 3.62. The van der Waals surface area contributed by atoms with Crippen molar-refractivity contribution in [3.63, 3.8) is 0 Å². The minimum Gasteiger partial charge on any atom is -0.305 e. The maximum Gasteiger partial charge on any atom is 0.258 e. The molecule has 0 saturated carbocycles. The number of anilines is 1. The van der Waals surface area contributed by atoms with Gasteiger partial charge in [0.2, 0.25) is 0 Å². The van der Waals surface area contributed by atoms with Crippen LogP contribution in [-0.2, 0) is 0 Å². The molecule has 0 aliphatic heterocycles. The first-order valence-electron chi connectivity index (χ1n) is 8.66. The van der Waals surface area contributed by atoms with Crippen molar-refractivity contribution < 1.29 is 4.79 Å². The molecule has 0 bridgehead atoms. The second kappa shape index (κ2) is 7.25. The summed E-state index contributed by atoms with van der Waals surface area (Å²) in [5.74, 6) is 0.272. The molecule has 4 aromatic rings. The van der Waals surface area contributed by atoms with Crippen LogP contribution < -0.4 is 5.32 Å². The quantitative estimate of drug-likeness (QED) is 0.587. The van der Waals surface area contributed by atoms with Gasteiger partial charge in [-0.25, -0.2) is 4.68 Å².